The molecular formula is C23H22F3O2P. The molecule has 3 aromatic carbocycles. The molecule has 3 aromatic rings. The van der Waals surface area contributed by atoms with Gasteiger partial charge in [0.15, 0.2) is 7.14 Å². The molecule has 3 rings (SSSR count). The molecule has 0 aliphatic heterocycles. The van der Waals surface area contributed by atoms with Gasteiger partial charge < -0.3 is 9.30 Å². The molecule has 0 aliphatic rings. The van der Waals surface area contributed by atoms with E-state index in [1.807, 2.05) is 62.4 Å². The van der Waals surface area contributed by atoms with Crippen molar-refractivity contribution in [3.8, 4) is 5.75 Å². The van der Waals surface area contributed by atoms with Gasteiger partial charge in [-0.2, -0.15) is 13.2 Å². The molecule has 29 heavy (non-hydrogen) atoms. The highest BCUT2D eigenvalue weighted by atomic mass is 31.2. The molecule has 0 aromatic heterocycles. The SMILES string of the molecule is C.Cc1ccc(P(=O)(c2ccc(C)cc2)c2ccc(OC(F)=C(F)F)cc2)cc1. The van der Waals surface area contributed by atoms with E-state index in [0.717, 1.165) is 11.1 Å². The molecule has 0 atom stereocenters. The van der Waals surface area contributed by atoms with Gasteiger partial charge in [-0.3, -0.25) is 0 Å². The Morgan fingerprint density at radius 1 is 0.690 bits per heavy atom. The molecule has 0 bridgehead atoms. The Labute approximate surface area is 169 Å². The van der Waals surface area contributed by atoms with Crippen LogP contribution in [0.15, 0.2) is 84.9 Å². The summed E-state index contributed by atoms with van der Waals surface area (Å²) in [4.78, 5) is 0. The Morgan fingerprint density at radius 3 is 1.38 bits per heavy atom. The van der Waals surface area contributed by atoms with Crippen LogP contribution >= 0.6 is 7.14 Å². The van der Waals surface area contributed by atoms with Gasteiger partial charge in [-0.25, -0.2) is 0 Å². The summed E-state index contributed by atoms with van der Waals surface area (Å²) in [5, 5.41) is 1.80. The highest BCUT2D eigenvalue weighted by Gasteiger charge is 2.29. The van der Waals surface area contributed by atoms with E-state index in [0.29, 0.717) is 15.9 Å². The van der Waals surface area contributed by atoms with Crippen molar-refractivity contribution in [1.29, 1.82) is 0 Å². The Balaban J connectivity index is 0.00000300. The van der Waals surface area contributed by atoms with E-state index in [-0.39, 0.29) is 13.2 Å². The fourth-order valence-corrected chi connectivity index (χ4v) is 5.42. The molecule has 2 nitrogen and oxygen atoms in total. The maximum Gasteiger partial charge on any atom is 0.344 e. The molecule has 0 fully saturated rings. The standard InChI is InChI=1S/C22H18F3O2P.CH4/c1-15-3-9-18(10-4-15)28(26,19-11-5-16(2)6-12-19)20-13-7-17(8-14-20)27-22(25)21(23)24;/h3-14H,1-2H3;1H4. The molecule has 152 valence electrons. The van der Waals surface area contributed by atoms with Gasteiger partial charge in [-0.15, -0.1) is 0 Å². The Morgan fingerprint density at radius 2 is 1.03 bits per heavy atom. The summed E-state index contributed by atoms with van der Waals surface area (Å²) in [5.74, 6) is -0.103. The monoisotopic (exact) mass is 418 g/mol. The Bertz CT molecular complexity index is 987. The summed E-state index contributed by atoms with van der Waals surface area (Å²) >= 11 is 0. The first-order chi connectivity index (χ1) is 13.3. The molecule has 0 spiro atoms. The number of hydrogen-bond donors (Lipinski definition) is 0. The smallest absolute Gasteiger partial charge is 0.344 e. The van der Waals surface area contributed by atoms with Crippen LogP contribution in [0, 0.1) is 13.8 Å². The number of benzene rings is 3. The van der Waals surface area contributed by atoms with Crippen molar-refractivity contribution in [3.05, 3.63) is 96.0 Å². The predicted molar refractivity (Wildman–Crippen MR) is 113 cm³/mol. The van der Waals surface area contributed by atoms with Gasteiger partial charge in [0.05, 0.1) is 0 Å². The molecule has 0 radical (unpaired) electrons. The summed E-state index contributed by atoms with van der Waals surface area (Å²) in [6.07, 6.45) is -2.53. The van der Waals surface area contributed by atoms with Crippen LogP contribution in [0.5, 0.6) is 5.75 Å². The zero-order chi connectivity index (χ0) is 20.3. The van der Waals surface area contributed by atoms with Crippen LogP contribution in [0.1, 0.15) is 18.6 Å². The number of rotatable bonds is 5. The average molecular weight is 418 g/mol. The lowest BCUT2D eigenvalue weighted by Gasteiger charge is -2.20. The second-order valence-corrected chi connectivity index (χ2v) is 9.18. The van der Waals surface area contributed by atoms with E-state index in [4.69, 9.17) is 0 Å². The first kappa shape index (κ1) is 22.5. The summed E-state index contributed by atoms with van der Waals surface area (Å²) in [6.45, 7) is 3.89. The van der Waals surface area contributed by atoms with Gasteiger partial charge in [-0.1, -0.05) is 67.1 Å². The molecule has 0 amide bonds. The van der Waals surface area contributed by atoms with E-state index in [2.05, 4.69) is 4.74 Å². The third-order valence-electron chi connectivity index (χ3n) is 4.35. The molecule has 0 N–H and O–H groups in total. The second-order valence-electron chi connectivity index (χ2n) is 6.41. The van der Waals surface area contributed by atoms with E-state index in [1.165, 1.54) is 24.3 Å². The Kier molecular flexibility index (Phi) is 7.10. The third kappa shape index (κ3) is 4.80. The highest BCUT2D eigenvalue weighted by Crippen LogP contribution is 2.42. The maximum absolute atomic E-state index is 14.2. The minimum Gasteiger partial charge on any atom is -0.428 e. The van der Waals surface area contributed by atoms with Gasteiger partial charge >= 0.3 is 12.1 Å². The van der Waals surface area contributed by atoms with E-state index >= 15 is 0 Å². The third-order valence-corrected chi connectivity index (χ3v) is 7.43. The molecular weight excluding hydrogens is 396 g/mol. The molecule has 0 aliphatic carbocycles. The van der Waals surface area contributed by atoms with E-state index < -0.39 is 19.2 Å². The number of ether oxygens (including phenoxy) is 1. The minimum atomic E-state index is -3.20. The van der Waals surface area contributed by atoms with Crippen molar-refractivity contribution in [1.82, 2.24) is 0 Å². The second kappa shape index (κ2) is 9.15. The molecule has 0 saturated carbocycles. The van der Waals surface area contributed by atoms with Gasteiger partial charge in [-0.05, 0) is 38.1 Å². The maximum atomic E-state index is 14.2. The van der Waals surface area contributed by atoms with Crippen LogP contribution < -0.4 is 20.7 Å². The summed E-state index contributed by atoms with van der Waals surface area (Å²) in [6, 6.07) is 18.6. The lowest BCUT2D eigenvalue weighted by molar-refractivity contribution is 0.241. The molecule has 6 heteroatoms. The zero-order valence-corrected chi connectivity index (χ0v) is 16.2. The van der Waals surface area contributed by atoms with Crippen LogP contribution in [-0.2, 0) is 4.57 Å². The predicted octanol–water partition coefficient (Wildman–Crippen LogP) is 5.99. The number of halogens is 3. The topological polar surface area (TPSA) is 26.3 Å². The quantitative estimate of drug-likeness (QED) is 0.376. The fraction of sp³-hybridized carbons (Fsp3) is 0.130. The highest BCUT2D eigenvalue weighted by molar-refractivity contribution is 7.85. The van der Waals surface area contributed by atoms with Crippen molar-refractivity contribution >= 4 is 23.1 Å². The number of hydrogen-bond acceptors (Lipinski definition) is 2. The normalized spacial score (nSPS) is 10.8. The van der Waals surface area contributed by atoms with E-state index in [9.17, 15) is 17.7 Å². The lowest BCUT2D eigenvalue weighted by Crippen LogP contribution is -2.25. The first-order valence-corrected chi connectivity index (χ1v) is 10.2. The molecule has 0 saturated heterocycles. The van der Waals surface area contributed by atoms with Crippen LogP contribution in [0.25, 0.3) is 0 Å². The Hall–Kier alpha value is -2.78. The summed E-state index contributed by atoms with van der Waals surface area (Å²) in [5.41, 5.74) is 2.08. The minimum absolute atomic E-state index is 0. The lowest BCUT2D eigenvalue weighted by atomic mass is 10.2. The average Bonchev–Trinajstić information content (AvgIpc) is 2.69. The first-order valence-electron chi connectivity index (χ1n) is 8.54. The van der Waals surface area contributed by atoms with Crippen molar-refractivity contribution in [2.75, 3.05) is 0 Å². The van der Waals surface area contributed by atoms with E-state index in [1.54, 1.807) is 0 Å². The summed E-state index contributed by atoms with van der Waals surface area (Å²) < 4.78 is 56.2. The summed E-state index contributed by atoms with van der Waals surface area (Å²) in [7, 11) is -3.20. The largest absolute Gasteiger partial charge is 0.428 e. The van der Waals surface area contributed by atoms with Crippen molar-refractivity contribution in [2.45, 2.75) is 21.3 Å². The van der Waals surface area contributed by atoms with Gasteiger partial charge in [0.25, 0.3) is 0 Å². The van der Waals surface area contributed by atoms with Crippen LogP contribution in [0.3, 0.4) is 0 Å². The fourth-order valence-electron chi connectivity index (χ4n) is 2.82. The van der Waals surface area contributed by atoms with Crippen molar-refractivity contribution in [2.24, 2.45) is 0 Å². The molecule has 0 unspecified atom stereocenters. The van der Waals surface area contributed by atoms with Crippen molar-refractivity contribution < 1.29 is 22.5 Å². The van der Waals surface area contributed by atoms with Crippen LogP contribution in [0.2, 0.25) is 0 Å². The van der Waals surface area contributed by atoms with Gasteiger partial charge in [0.1, 0.15) is 5.75 Å². The molecule has 0 heterocycles. The van der Waals surface area contributed by atoms with Crippen molar-refractivity contribution in [3.63, 3.8) is 0 Å². The van der Waals surface area contributed by atoms with Gasteiger partial charge in [0.2, 0.25) is 0 Å². The number of aryl methyl sites for hydroxylation is 2. The zero-order valence-electron chi connectivity index (χ0n) is 15.3. The van der Waals surface area contributed by atoms with Crippen LogP contribution in [0.4, 0.5) is 13.2 Å². The van der Waals surface area contributed by atoms with Crippen LogP contribution in [-0.4, -0.2) is 0 Å². The van der Waals surface area contributed by atoms with Gasteiger partial charge in [0, 0.05) is 15.9 Å².